The highest BCUT2D eigenvalue weighted by Gasteiger charge is 1.90. The molecule has 1 aromatic carbocycles. The third-order valence-electron chi connectivity index (χ3n) is 2.03. The largest absolute Gasteiger partial charge is 0.0762 e. The summed E-state index contributed by atoms with van der Waals surface area (Å²) in [6.45, 7) is 6.46. The molecular formula is C14H18. The van der Waals surface area contributed by atoms with Gasteiger partial charge in [-0.2, -0.15) is 0 Å². The molecule has 74 valence electrons. The fourth-order valence-corrected chi connectivity index (χ4v) is 1.38. The zero-order valence-corrected chi connectivity index (χ0v) is 9.25. The van der Waals surface area contributed by atoms with Crippen LogP contribution in [0.3, 0.4) is 0 Å². The van der Waals surface area contributed by atoms with Gasteiger partial charge in [0.15, 0.2) is 0 Å². The fourth-order valence-electron chi connectivity index (χ4n) is 1.38. The number of hydrogen-bond acceptors (Lipinski definition) is 0. The molecule has 1 rings (SSSR count). The summed E-state index contributed by atoms with van der Waals surface area (Å²) >= 11 is 0. The molecule has 0 heteroatoms. The maximum Gasteiger partial charge on any atom is -0.0254 e. The molecule has 0 atom stereocenters. The average Bonchev–Trinajstić information content (AvgIpc) is 2.17. The molecule has 0 bridgehead atoms. The zero-order valence-electron chi connectivity index (χ0n) is 9.25. The van der Waals surface area contributed by atoms with Gasteiger partial charge < -0.3 is 0 Å². The summed E-state index contributed by atoms with van der Waals surface area (Å²) in [6, 6.07) is 10.5. The van der Waals surface area contributed by atoms with Crippen LogP contribution >= 0.6 is 0 Å². The normalized spacial score (nSPS) is 11.2. The lowest BCUT2D eigenvalue weighted by molar-refractivity contribution is 1.15. The van der Waals surface area contributed by atoms with Gasteiger partial charge in [0.05, 0.1) is 0 Å². The third kappa shape index (κ3) is 3.61. The first kappa shape index (κ1) is 10.8. The van der Waals surface area contributed by atoms with Crippen LogP contribution in [0.4, 0.5) is 0 Å². The molecule has 0 aliphatic heterocycles. The second-order valence-electron chi connectivity index (χ2n) is 3.71. The average molecular weight is 186 g/mol. The highest BCUT2D eigenvalue weighted by Crippen LogP contribution is 2.12. The lowest BCUT2D eigenvalue weighted by Crippen LogP contribution is -1.78. The molecular weight excluding hydrogens is 168 g/mol. The smallest absolute Gasteiger partial charge is 0.0254 e. The van der Waals surface area contributed by atoms with Gasteiger partial charge in [0.2, 0.25) is 0 Å². The van der Waals surface area contributed by atoms with Crippen molar-refractivity contribution in [1.29, 1.82) is 0 Å². The maximum atomic E-state index is 2.24. The molecule has 0 spiro atoms. The Morgan fingerprint density at radius 1 is 1.14 bits per heavy atom. The van der Waals surface area contributed by atoms with Crippen molar-refractivity contribution in [3.8, 4) is 0 Å². The van der Waals surface area contributed by atoms with Gasteiger partial charge in [-0.05, 0) is 31.4 Å². The minimum absolute atomic E-state index is 1.08. The van der Waals surface area contributed by atoms with E-state index in [1.807, 2.05) is 6.07 Å². The topological polar surface area (TPSA) is 0 Å². The Balaban J connectivity index is 2.90. The quantitative estimate of drug-likeness (QED) is 0.612. The van der Waals surface area contributed by atoms with E-state index in [1.54, 1.807) is 0 Å². The summed E-state index contributed by atoms with van der Waals surface area (Å²) in [4.78, 5) is 0. The van der Waals surface area contributed by atoms with E-state index in [1.165, 1.54) is 16.7 Å². The van der Waals surface area contributed by atoms with Crippen molar-refractivity contribution < 1.29 is 0 Å². The van der Waals surface area contributed by atoms with E-state index in [-0.39, 0.29) is 0 Å². The lowest BCUT2D eigenvalue weighted by Gasteiger charge is -1.99. The second kappa shape index (κ2) is 5.43. The molecule has 0 N–H and O–H groups in total. The first-order chi connectivity index (χ1) is 6.72. The van der Waals surface area contributed by atoms with Crippen molar-refractivity contribution >= 4 is 6.08 Å². The molecule has 0 aliphatic rings. The van der Waals surface area contributed by atoms with Crippen LogP contribution in [0, 0.1) is 0 Å². The molecule has 0 heterocycles. The Morgan fingerprint density at radius 2 is 1.79 bits per heavy atom. The monoisotopic (exact) mass is 186 g/mol. The third-order valence-corrected chi connectivity index (χ3v) is 2.03. The predicted molar refractivity (Wildman–Crippen MR) is 64.1 cm³/mol. The molecule has 0 radical (unpaired) electrons. The van der Waals surface area contributed by atoms with Crippen LogP contribution in [0.25, 0.3) is 6.08 Å². The van der Waals surface area contributed by atoms with Gasteiger partial charge >= 0.3 is 0 Å². The van der Waals surface area contributed by atoms with Crippen LogP contribution in [0.5, 0.6) is 0 Å². The van der Waals surface area contributed by atoms with E-state index >= 15 is 0 Å². The Bertz CT molecular complexity index is 324. The summed E-state index contributed by atoms with van der Waals surface area (Å²) in [6.07, 6.45) is 5.57. The molecule has 0 saturated carbocycles. The van der Waals surface area contributed by atoms with Crippen LogP contribution in [-0.4, -0.2) is 0 Å². The maximum absolute atomic E-state index is 2.24. The van der Waals surface area contributed by atoms with Crippen LogP contribution < -0.4 is 0 Å². The molecule has 0 fully saturated rings. The molecule has 0 saturated heterocycles. The SMILES string of the molecule is CC/C(C=C(C)C)=C\c1ccccc1. The Hall–Kier alpha value is -1.30. The van der Waals surface area contributed by atoms with Gasteiger partial charge in [-0.1, -0.05) is 55.0 Å². The highest BCUT2D eigenvalue weighted by atomic mass is 14.0. The second-order valence-corrected chi connectivity index (χ2v) is 3.71. The zero-order chi connectivity index (χ0) is 10.4. The Morgan fingerprint density at radius 3 is 2.29 bits per heavy atom. The summed E-state index contributed by atoms with van der Waals surface area (Å²) in [7, 11) is 0. The first-order valence-corrected chi connectivity index (χ1v) is 5.13. The minimum atomic E-state index is 1.08. The molecule has 0 nitrogen and oxygen atoms in total. The van der Waals surface area contributed by atoms with E-state index in [0.717, 1.165) is 6.42 Å². The number of allylic oxidation sites excluding steroid dienone is 3. The predicted octanol–water partition coefficient (Wildman–Crippen LogP) is 4.45. The molecule has 0 unspecified atom stereocenters. The molecule has 14 heavy (non-hydrogen) atoms. The Kier molecular flexibility index (Phi) is 4.18. The van der Waals surface area contributed by atoms with E-state index in [9.17, 15) is 0 Å². The summed E-state index contributed by atoms with van der Waals surface area (Å²) in [5.74, 6) is 0. The van der Waals surface area contributed by atoms with Crippen LogP contribution in [0.2, 0.25) is 0 Å². The fraction of sp³-hybridized carbons (Fsp3) is 0.286. The van der Waals surface area contributed by atoms with E-state index in [4.69, 9.17) is 0 Å². The molecule has 0 amide bonds. The standard InChI is InChI=1S/C14H18/c1-4-13(10-12(2)3)11-14-8-6-5-7-9-14/h5-11H,4H2,1-3H3/b13-11+. The van der Waals surface area contributed by atoms with Gasteiger partial charge in [0.1, 0.15) is 0 Å². The van der Waals surface area contributed by atoms with Crippen molar-refractivity contribution in [1.82, 2.24) is 0 Å². The molecule has 0 aromatic heterocycles. The minimum Gasteiger partial charge on any atom is -0.0762 e. The number of rotatable bonds is 3. The number of hydrogen-bond donors (Lipinski definition) is 0. The summed E-state index contributed by atoms with van der Waals surface area (Å²) in [5.41, 5.74) is 4.02. The van der Waals surface area contributed by atoms with Crippen molar-refractivity contribution in [3.63, 3.8) is 0 Å². The van der Waals surface area contributed by atoms with Gasteiger partial charge in [0.25, 0.3) is 0 Å². The van der Waals surface area contributed by atoms with E-state index < -0.39 is 0 Å². The molecule has 1 aromatic rings. The summed E-state index contributed by atoms with van der Waals surface area (Å²) in [5, 5.41) is 0. The van der Waals surface area contributed by atoms with Gasteiger partial charge in [0, 0.05) is 0 Å². The first-order valence-electron chi connectivity index (χ1n) is 5.13. The van der Waals surface area contributed by atoms with Crippen molar-refractivity contribution in [2.45, 2.75) is 27.2 Å². The highest BCUT2D eigenvalue weighted by molar-refractivity contribution is 5.55. The summed E-state index contributed by atoms with van der Waals surface area (Å²) < 4.78 is 0. The van der Waals surface area contributed by atoms with Crippen molar-refractivity contribution in [2.75, 3.05) is 0 Å². The van der Waals surface area contributed by atoms with Crippen molar-refractivity contribution in [3.05, 3.63) is 53.1 Å². The van der Waals surface area contributed by atoms with E-state index in [0.29, 0.717) is 0 Å². The van der Waals surface area contributed by atoms with Crippen LogP contribution in [-0.2, 0) is 0 Å². The van der Waals surface area contributed by atoms with Crippen molar-refractivity contribution in [2.24, 2.45) is 0 Å². The number of benzene rings is 1. The van der Waals surface area contributed by atoms with Gasteiger partial charge in [-0.3, -0.25) is 0 Å². The Labute approximate surface area is 87.0 Å². The van der Waals surface area contributed by atoms with Crippen LogP contribution in [0.15, 0.2) is 47.6 Å². The van der Waals surface area contributed by atoms with E-state index in [2.05, 4.69) is 57.2 Å². The lowest BCUT2D eigenvalue weighted by atomic mass is 10.1. The van der Waals surface area contributed by atoms with Gasteiger partial charge in [-0.15, -0.1) is 0 Å². The molecule has 0 aliphatic carbocycles. The van der Waals surface area contributed by atoms with Crippen LogP contribution in [0.1, 0.15) is 32.8 Å². The van der Waals surface area contributed by atoms with Gasteiger partial charge in [-0.25, -0.2) is 0 Å².